The highest BCUT2D eigenvalue weighted by molar-refractivity contribution is 5.83. The van der Waals surface area contributed by atoms with Crippen molar-refractivity contribution in [3.8, 4) is 6.07 Å². The van der Waals surface area contributed by atoms with Crippen LogP contribution in [-0.4, -0.2) is 37.0 Å². The van der Waals surface area contributed by atoms with Crippen LogP contribution in [0.5, 0.6) is 0 Å². The number of nitrogens with one attached hydrogen (secondary N) is 1. The van der Waals surface area contributed by atoms with Crippen molar-refractivity contribution < 1.29 is 4.79 Å². The molecule has 0 saturated carbocycles. The molecule has 4 heteroatoms. The first-order chi connectivity index (χ1) is 9.09. The highest BCUT2D eigenvalue weighted by atomic mass is 16.2. The predicted octanol–water partition coefficient (Wildman–Crippen LogP) is 2.16. The summed E-state index contributed by atoms with van der Waals surface area (Å²) < 4.78 is 0. The van der Waals surface area contributed by atoms with Crippen LogP contribution in [0.3, 0.4) is 0 Å². The number of carbonyl (C=O) groups excluding carboxylic acids is 1. The average molecular weight is 265 g/mol. The van der Waals surface area contributed by atoms with Crippen molar-refractivity contribution in [3.63, 3.8) is 0 Å². The predicted molar refractivity (Wildman–Crippen MR) is 76.5 cm³/mol. The quantitative estimate of drug-likeness (QED) is 0.800. The lowest BCUT2D eigenvalue weighted by molar-refractivity contribution is -0.144. The molecule has 1 amide bonds. The third kappa shape index (κ3) is 3.94. The Morgan fingerprint density at radius 1 is 1.42 bits per heavy atom. The summed E-state index contributed by atoms with van der Waals surface area (Å²) in [6.07, 6.45) is 3.86. The number of hydrogen-bond acceptors (Lipinski definition) is 3. The first-order valence-corrected chi connectivity index (χ1v) is 7.49. The highest BCUT2D eigenvalue weighted by Crippen LogP contribution is 2.36. The second kappa shape index (κ2) is 7.49. The Morgan fingerprint density at radius 3 is 2.53 bits per heavy atom. The zero-order chi connectivity index (χ0) is 14.3. The molecule has 1 atom stereocenters. The van der Waals surface area contributed by atoms with E-state index in [1.54, 1.807) is 0 Å². The van der Waals surface area contributed by atoms with Gasteiger partial charge in [0.2, 0.25) is 5.91 Å². The molecule has 0 bridgehead atoms. The largest absolute Gasteiger partial charge is 0.341 e. The first kappa shape index (κ1) is 16.0. The number of nitrogens with zero attached hydrogens (tertiary/aromatic N) is 2. The third-order valence-electron chi connectivity index (χ3n) is 4.13. The van der Waals surface area contributed by atoms with Gasteiger partial charge in [0, 0.05) is 13.1 Å². The molecule has 1 fully saturated rings. The van der Waals surface area contributed by atoms with Crippen LogP contribution in [0, 0.1) is 22.7 Å². The summed E-state index contributed by atoms with van der Waals surface area (Å²) in [7, 11) is 0. The molecule has 1 aliphatic rings. The summed E-state index contributed by atoms with van der Waals surface area (Å²) in [6.45, 7) is 9.14. The minimum Gasteiger partial charge on any atom is -0.341 e. The van der Waals surface area contributed by atoms with Crippen molar-refractivity contribution in [2.45, 2.75) is 46.5 Å². The van der Waals surface area contributed by atoms with Crippen molar-refractivity contribution >= 4 is 5.91 Å². The maximum atomic E-state index is 12.9. The zero-order valence-electron chi connectivity index (χ0n) is 12.5. The topological polar surface area (TPSA) is 56.1 Å². The van der Waals surface area contributed by atoms with Gasteiger partial charge < -0.3 is 10.2 Å². The van der Waals surface area contributed by atoms with Gasteiger partial charge in [-0.15, -0.1) is 0 Å². The van der Waals surface area contributed by atoms with Crippen molar-refractivity contribution in [2.75, 3.05) is 26.2 Å². The van der Waals surface area contributed by atoms with Crippen LogP contribution in [0.25, 0.3) is 0 Å². The minimum absolute atomic E-state index is 0.0932. The van der Waals surface area contributed by atoms with Gasteiger partial charge in [0.15, 0.2) is 0 Å². The Bertz CT molecular complexity index is 323. The smallest absolute Gasteiger partial charge is 0.228 e. The second-order valence-corrected chi connectivity index (χ2v) is 5.65. The molecule has 1 heterocycles. The van der Waals surface area contributed by atoms with E-state index in [0.29, 0.717) is 13.1 Å². The molecule has 108 valence electrons. The van der Waals surface area contributed by atoms with Gasteiger partial charge in [0.25, 0.3) is 0 Å². The number of carbonyl (C=O) groups is 1. The summed E-state index contributed by atoms with van der Waals surface area (Å²) in [5.41, 5.74) is -0.189. The van der Waals surface area contributed by atoms with E-state index in [-0.39, 0.29) is 17.2 Å². The summed E-state index contributed by atoms with van der Waals surface area (Å²) in [5.74, 6) is 0.171. The molecule has 0 aromatic rings. The molecule has 1 rings (SSSR count). The number of piperidine rings is 1. The maximum absolute atomic E-state index is 12.9. The molecule has 4 nitrogen and oxygen atoms in total. The van der Waals surface area contributed by atoms with Gasteiger partial charge in [-0.3, -0.25) is 4.79 Å². The molecule has 0 aliphatic carbocycles. The van der Waals surface area contributed by atoms with Crippen LogP contribution < -0.4 is 5.32 Å². The van der Waals surface area contributed by atoms with E-state index < -0.39 is 0 Å². The van der Waals surface area contributed by atoms with Crippen LogP contribution in [0.4, 0.5) is 0 Å². The van der Waals surface area contributed by atoms with Crippen LogP contribution in [-0.2, 0) is 4.79 Å². The van der Waals surface area contributed by atoms with E-state index in [9.17, 15) is 4.79 Å². The summed E-state index contributed by atoms with van der Waals surface area (Å²) in [4.78, 5) is 14.8. The molecular formula is C15H27N3O. The molecule has 1 aliphatic heterocycles. The highest BCUT2D eigenvalue weighted by Gasteiger charge is 2.40. The Hall–Kier alpha value is -1.08. The first-order valence-electron chi connectivity index (χ1n) is 7.49. The van der Waals surface area contributed by atoms with Gasteiger partial charge in [-0.2, -0.15) is 5.26 Å². The van der Waals surface area contributed by atoms with Crippen molar-refractivity contribution in [1.29, 1.82) is 5.26 Å². The number of amides is 1. The number of rotatable bonds is 6. The fourth-order valence-electron chi connectivity index (χ4n) is 3.02. The van der Waals surface area contributed by atoms with Gasteiger partial charge >= 0.3 is 0 Å². The Balaban J connectivity index is 2.81. The van der Waals surface area contributed by atoms with Crippen molar-refractivity contribution in [1.82, 2.24) is 10.2 Å². The molecule has 1 unspecified atom stereocenters. The molecule has 0 aromatic heterocycles. The zero-order valence-corrected chi connectivity index (χ0v) is 12.5. The van der Waals surface area contributed by atoms with E-state index >= 15 is 0 Å². The standard InChI is InChI=1S/C15H27N3O/c1-4-6-15(7-9-17-10-8-15)14(19)18(5-2)12-13(3)11-16/h13,17H,4-10,12H2,1-3H3. The van der Waals surface area contributed by atoms with E-state index in [0.717, 1.165) is 38.8 Å². The molecule has 1 saturated heterocycles. The van der Waals surface area contributed by atoms with Gasteiger partial charge in [0.1, 0.15) is 0 Å². The normalized spacial score (nSPS) is 19.5. The van der Waals surface area contributed by atoms with E-state index in [1.807, 2.05) is 18.7 Å². The van der Waals surface area contributed by atoms with Crippen LogP contribution >= 0.6 is 0 Å². The van der Waals surface area contributed by atoms with Gasteiger partial charge in [-0.05, 0) is 46.2 Å². The summed E-state index contributed by atoms with van der Waals surface area (Å²) >= 11 is 0. The van der Waals surface area contributed by atoms with E-state index in [1.165, 1.54) is 0 Å². The van der Waals surface area contributed by atoms with Crippen molar-refractivity contribution in [3.05, 3.63) is 0 Å². The summed E-state index contributed by atoms with van der Waals surface area (Å²) in [5, 5.41) is 12.3. The average Bonchev–Trinajstić information content (AvgIpc) is 2.45. The SMILES string of the molecule is CCCC1(C(=O)N(CC)CC(C)C#N)CCNCC1. The van der Waals surface area contributed by atoms with Crippen molar-refractivity contribution in [2.24, 2.45) is 11.3 Å². The van der Waals surface area contributed by atoms with Gasteiger partial charge in [-0.1, -0.05) is 13.3 Å². The fraction of sp³-hybridized carbons (Fsp3) is 0.867. The third-order valence-corrected chi connectivity index (χ3v) is 4.13. The molecule has 19 heavy (non-hydrogen) atoms. The summed E-state index contributed by atoms with van der Waals surface area (Å²) in [6, 6.07) is 2.23. The second-order valence-electron chi connectivity index (χ2n) is 5.65. The lowest BCUT2D eigenvalue weighted by Gasteiger charge is -2.40. The minimum atomic E-state index is -0.189. The molecule has 1 N–H and O–H groups in total. The fourth-order valence-corrected chi connectivity index (χ4v) is 3.02. The van der Waals surface area contributed by atoms with E-state index in [2.05, 4.69) is 18.3 Å². The Morgan fingerprint density at radius 2 is 2.05 bits per heavy atom. The molecule has 0 spiro atoms. The molecule has 0 aromatic carbocycles. The van der Waals surface area contributed by atoms with Crippen LogP contribution in [0.15, 0.2) is 0 Å². The van der Waals surface area contributed by atoms with Crippen LogP contribution in [0.1, 0.15) is 46.5 Å². The van der Waals surface area contributed by atoms with Crippen LogP contribution in [0.2, 0.25) is 0 Å². The lowest BCUT2D eigenvalue weighted by Crippen LogP contribution is -2.50. The number of hydrogen-bond donors (Lipinski definition) is 1. The lowest BCUT2D eigenvalue weighted by atomic mass is 9.74. The maximum Gasteiger partial charge on any atom is 0.228 e. The van der Waals surface area contributed by atoms with E-state index in [4.69, 9.17) is 5.26 Å². The Kier molecular flexibility index (Phi) is 6.30. The van der Waals surface area contributed by atoms with Gasteiger partial charge in [-0.25, -0.2) is 0 Å². The molecular weight excluding hydrogens is 238 g/mol. The van der Waals surface area contributed by atoms with Gasteiger partial charge in [0.05, 0.1) is 17.4 Å². The number of nitriles is 1. The monoisotopic (exact) mass is 265 g/mol. The molecule has 0 radical (unpaired) electrons. The Labute approximate surface area is 117 Å².